The van der Waals surface area contributed by atoms with Crippen molar-refractivity contribution in [3.05, 3.63) is 23.9 Å². The number of fused-ring (bicyclic) bond motifs is 1. The quantitative estimate of drug-likeness (QED) is 0.909. The van der Waals surface area contributed by atoms with E-state index in [9.17, 15) is 9.59 Å². The van der Waals surface area contributed by atoms with E-state index in [1.165, 1.54) is 6.42 Å². The molecule has 0 unspecified atom stereocenters. The van der Waals surface area contributed by atoms with Gasteiger partial charge in [-0.2, -0.15) is 5.10 Å². The van der Waals surface area contributed by atoms with E-state index in [0.717, 1.165) is 31.2 Å². The van der Waals surface area contributed by atoms with Crippen LogP contribution in [-0.2, 0) is 11.3 Å². The van der Waals surface area contributed by atoms with Gasteiger partial charge < -0.3 is 11.1 Å². The van der Waals surface area contributed by atoms with Crippen LogP contribution < -0.4 is 11.1 Å². The van der Waals surface area contributed by atoms with Gasteiger partial charge in [0.25, 0.3) is 5.91 Å². The van der Waals surface area contributed by atoms with Crippen LogP contribution in [0.15, 0.2) is 18.2 Å². The van der Waals surface area contributed by atoms with Gasteiger partial charge in [0, 0.05) is 23.5 Å². The number of amides is 2. The zero-order chi connectivity index (χ0) is 16.4. The molecule has 0 atom stereocenters. The number of nitrogens with two attached hydrogens (primary N) is 1. The number of hydrogen-bond acceptors (Lipinski definition) is 3. The Balaban J connectivity index is 1.88. The SMILES string of the molecule is CCn1nc(C(N)=O)c2cc(NC(=O)C3CCCCC3)ccc21. The summed E-state index contributed by atoms with van der Waals surface area (Å²) in [7, 11) is 0. The van der Waals surface area contributed by atoms with Crippen LogP contribution >= 0.6 is 0 Å². The molecular weight excluding hydrogens is 292 g/mol. The molecular formula is C17H22N4O2. The maximum absolute atomic E-state index is 12.4. The van der Waals surface area contributed by atoms with Gasteiger partial charge in [-0.3, -0.25) is 14.3 Å². The van der Waals surface area contributed by atoms with Crippen molar-refractivity contribution in [3.8, 4) is 0 Å². The Morgan fingerprint density at radius 2 is 2.04 bits per heavy atom. The summed E-state index contributed by atoms with van der Waals surface area (Å²) >= 11 is 0. The summed E-state index contributed by atoms with van der Waals surface area (Å²) < 4.78 is 1.74. The van der Waals surface area contributed by atoms with E-state index in [-0.39, 0.29) is 17.5 Å². The lowest BCUT2D eigenvalue weighted by Gasteiger charge is -2.20. The highest BCUT2D eigenvalue weighted by Gasteiger charge is 2.21. The maximum atomic E-state index is 12.4. The number of carbonyl (C=O) groups excluding carboxylic acids is 2. The fourth-order valence-electron chi connectivity index (χ4n) is 3.29. The molecule has 0 bridgehead atoms. The summed E-state index contributed by atoms with van der Waals surface area (Å²) in [6.45, 7) is 2.60. The van der Waals surface area contributed by atoms with E-state index < -0.39 is 5.91 Å². The third-order valence-electron chi connectivity index (χ3n) is 4.53. The van der Waals surface area contributed by atoms with Gasteiger partial charge in [0.15, 0.2) is 5.69 Å². The zero-order valence-electron chi connectivity index (χ0n) is 13.3. The van der Waals surface area contributed by atoms with Gasteiger partial charge in [-0.25, -0.2) is 0 Å². The number of hydrogen-bond donors (Lipinski definition) is 2. The number of aromatic nitrogens is 2. The van der Waals surface area contributed by atoms with E-state index in [4.69, 9.17) is 5.73 Å². The lowest BCUT2D eigenvalue weighted by atomic mass is 9.88. The molecule has 2 aromatic rings. The summed E-state index contributed by atoms with van der Waals surface area (Å²) in [4.78, 5) is 23.9. The monoisotopic (exact) mass is 314 g/mol. The number of nitrogens with one attached hydrogen (secondary N) is 1. The highest BCUT2D eigenvalue weighted by atomic mass is 16.2. The Morgan fingerprint density at radius 3 is 2.70 bits per heavy atom. The Hall–Kier alpha value is -2.37. The van der Waals surface area contributed by atoms with Crippen LogP contribution in [-0.4, -0.2) is 21.6 Å². The lowest BCUT2D eigenvalue weighted by molar-refractivity contribution is -0.120. The second-order valence-electron chi connectivity index (χ2n) is 6.08. The van der Waals surface area contributed by atoms with Crippen molar-refractivity contribution in [2.75, 3.05) is 5.32 Å². The van der Waals surface area contributed by atoms with Crippen LogP contribution in [0.25, 0.3) is 10.9 Å². The summed E-state index contributed by atoms with van der Waals surface area (Å²) in [6.07, 6.45) is 5.36. The first-order valence-electron chi connectivity index (χ1n) is 8.21. The molecule has 122 valence electrons. The summed E-state index contributed by atoms with van der Waals surface area (Å²) in [5.41, 5.74) is 7.19. The number of carbonyl (C=O) groups is 2. The average molecular weight is 314 g/mol. The molecule has 0 aliphatic heterocycles. The molecule has 0 radical (unpaired) electrons. The fourth-order valence-corrected chi connectivity index (χ4v) is 3.29. The molecule has 3 N–H and O–H groups in total. The van der Waals surface area contributed by atoms with Crippen molar-refractivity contribution in [2.45, 2.75) is 45.6 Å². The van der Waals surface area contributed by atoms with Gasteiger partial charge in [0.05, 0.1) is 5.52 Å². The van der Waals surface area contributed by atoms with Gasteiger partial charge in [-0.1, -0.05) is 19.3 Å². The summed E-state index contributed by atoms with van der Waals surface area (Å²) in [5, 5.41) is 7.90. The highest BCUT2D eigenvalue weighted by molar-refractivity contribution is 6.05. The molecule has 1 saturated carbocycles. The summed E-state index contributed by atoms with van der Waals surface area (Å²) in [6, 6.07) is 5.51. The van der Waals surface area contributed by atoms with Crippen molar-refractivity contribution < 1.29 is 9.59 Å². The Bertz CT molecular complexity index is 744. The van der Waals surface area contributed by atoms with E-state index >= 15 is 0 Å². The first kappa shape index (κ1) is 15.5. The third-order valence-corrected chi connectivity index (χ3v) is 4.53. The van der Waals surface area contributed by atoms with Gasteiger partial charge >= 0.3 is 0 Å². The maximum Gasteiger partial charge on any atom is 0.269 e. The highest BCUT2D eigenvalue weighted by Crippen LogP contribution is 2.27. The Labute approximate surface area is 135 Å². The summed E-state index contributed by atoms with van der Waals surface area (Å²) in [5.74, 6) is -0.404. The van der Waals surface area contributed by atoms with Gasteiger partial charge in [-0.15, -0.1) is 0 Å². The molecule has 1 aliphatic carbocycles. The number of benzene rings is 1. The van der Waals surface area contributed by atoms with E-state index in [2.05, 4.69) is 10.4 Å². The van der Waals surface area contributed by atoms with Crippen LogP contribution in [0.4, 0.5) is 5.69 Å². The smallest absolute Gasteiger partial charge is 0.269 e. The van der Waals surface area contributed by atoms with Crippen molar-refractivity contribution in [2.24, 2.45) is 11.7 Å². The van der Waals surface area contributed by atoms with E-state index in [1.54, 1.807) is 10.7 Å². The van der Waals surface area contributed by atoms with Crippen LogP contribution in [0.2, 0.25) is 0 Å². The number of rotatable bonds is 4. The molecule has 2 amide bonds. The molecule has 0 saturated heterocycles. The Morgan fingerprint density at radius 1 is 1.30 bits per heavy atom. The van der Waals surface area contributed by atoms with Crippen LogP contribution in [0.3, 0.4) is 0 Å². The predicted octanol–water partition coefficient (Wildman–Crippen LogP) is 2.67. The number of primary amides is 1. The third kappa shape index (κ3) is 3.06. The molecule has 1 fully saturated rings. The van der Waals surface area contributed by atoms with Crippen LogP contribution in [0, 0.1) is 5.92 Å². The van der Waals surface area contributed by atoms with Crippen LogP contribution in [0.5, 0.6) is 0 Å². The van der Waals surface area contributed by atoms with Crippen LogP contribution in [0.1, 0.15) is 49.5 Å². The van der Waals surface area contributed by atoms with Gasteiger partial charge in [0.2, 0.25) is 5.91 Å². The van der Waals surface area contributed by atoms with Gasteiger partial charge in [0.1, 0.15) is 0 Å². The van der Waals surface area contributed by atoms with Crippen molar-refractivity contribution in [3.63, 3.8) is 0 Å². The fraction of sp³-hybridized carbons (Fsp3) is 0.471. The zero-order valence-corrected chi connectivity index (χ0v) is 13.3. The number of aryl methyl sites for hydroxylation is 1. The molecule has 1 aliphatic rings. The van der Waals surface area contributed by atoms with Crippen molar-refractivity contribution in [1.82, 2.24) is 9.78 Å². The topological polar surface area (TPSA) is 90.0 Å². The number of nitrogens with zero attached hydrogens (tertiary/aromatic N) is 2. The van der Waals surface area contributed by atoms with Crippen molar-refractivity contribution >= 4 is 28.4 Å². The van der Waals surface area contributed by atoms with Gasteiger partial charge in [-0.05, 0) is 38.0 Å². The minimum Gasteiger partial charge on any atom is -0.364 e. The lowest BCUT2D eigenvalue weighted by Crippen LogP contribution is -2.24. The second-order valence-corrected chi connectivity index (χ2v) is 6.08. The minimum atomic E-state index is -0.557. The molecule has 0 spiro atoms. The molecule has 1 heterocycles. The molecule has 6 nitrogen and oxygen atoms in total. The first-order valence-corrected chi connectivity index (χ1v) is 8.21. The van der Waals surface area contributed by atoms with E-state index in [1.807, 2.05) is 19.1 Å². The normalized spacial score (nSPS) is 15.7. The minimum absolute atomic E-state index is 0.0626. The predicted molar refractivity (Wildman–Crippen MR) is 89.1 cm³/mol. The molecule has 3 rings (SSSR count). The number of anilines is 1. The molecule has 6 heteroatoms. The molecule has 1 aromatic heterocycles. The average Bonchev–Trinajstić information content (AvgIpc) is 2.94. The first-order chi connectivity index (χ1) is 11.1. The molecule has 1 aromatic carbocycles. The second kappa shape index (κ2) is 6.40. The largest absolute Gasteiger partial charge is 0.364 e. The van der Waals surface area contributed by atoms with Crippen molar-refractivity contribution in [1.29, 1.82) is 0 Å². The standard InChI is InChI=1S/C17H22N4O2/c1-2-21-14-9-8-12(10-13(14)15(20-21)16(18)22)19-17(23)11-6-4-3-5-7-11/h8-11H,2-7H2,1H3,(H2,18,22)(H,19,23). The molecule has 23 heavy (non-hydrogen) atoms. The Kier molecular flexibility index (Phi) is 4.32. The van der Waals surface area contributed by atoms with E-state index in [0.29, 0.717) is 17.6 Å².